The molecule has 0 saturated carbocycles. The van der Waals surface area contributed by atoms with Gasteiger partial charge in [-0.2, -0.15) is 0 Å². The fourth-order valence-electron chi connectivity index (χ4n) is 1.31. The van der Waals surface area contributed by atoms with Crippen molar-refractivity contribution >= 4 is 21.9 Å². The van der Waals surface area contributed by atoms with Gasteiger partial charge in [-0.15, -0.1) is 0 Å². The minimum atomic E-state index is -1.01. The number of benzene rings is 1. The van der Waals surface area contributed by atoms with Gasteiger partial charge in [-0.25, -0.2) is 0 Å². The van der Waals surface area contributed by atoms with Gasteiger partial charge >= 0.3 is 5.97 Å². The molecule has 0 aliphatic rings. The van der Waals surface area contributed by atoms with Gasteiger partial charge in [-0.1, -0.05) is 22.0 Å². The molecule has 1 aromatic carbocycles. The molecule has 4 heteroatoms. The van der Waals surface area contributed by atoms with E-state index in [1.54, 1.807) is 6.07 Å². The average molecular weight is 258 g/mol. The van der Waals surface area contributed by atoms with Gasteiger partial charge < -0.3 is 10.8 Å². The highest BCUT2D eigenvalue weighted by molar-refractivity contribution is 9.10. The van der Waals surface area contributed by atoms with E-state index < -0.39 is 12.0 Å². The molecule has 1 rings (SSSR count). The molecule has 0 aliphatic heterocycles. The second kappa shape index (κ2) is 4.11. The van der Waals surface area contributed by atoms with Gasteiger partial charge in [0.25, 0.3) is 0 Å². The second-order valence-corrected chi connectivity index (χ2v) is 4.13. The average Bonchev–Trinajstić information content (AvgIpc) is 2.10. The molecule has 0 radical (unpaired) electrons. The van der Waals surface area contributed by atoms with Crippen LogP contribution in [0.25, 0.3) is 0 Å². The third-order valence-corrected chi connectivity index (χ3v) is 3.00. The number of halogens is 1. The van der Waals surface area contributed by atoms with Crippen LogP contribution < -0.4 is 5.73 Å². The fraction of sp³-hybridized carbons (Fsp3) is 0.300. The topological polar surface area (TPSA) is 63.3 Å². The zero-order valence-electron chi connectivity index (χ0n) is 8.04. The van der Waals surface area contributed by atoms with Crippen molar-refractivity contribution in [1.82, 2.24) is 0 Å². The van der Waals surface area contributed by atoms with Gasteiger partial charge in [-0.05, 0) is 36.6 Å². The number of aliphatic carboxylic acids is 1. The van der Waals surface area contributed by atoms with Crippen LogP contribution in [0.5, 0.6) is 0 Å². The lowest BCUT2D eigenvalue weighted by atomic mass is 10.00. The number of carboxylic acids is 1. The first kappa shape index (κ1) is 11.2. The molecule has 0 amide bonds. The molecule has 0 bridgehead atoms. The minimum Gasteiger partial charge on any atom is -0.480 e. The summed E-state index contributed by atoms with van der Waals surface area (Å²) in [5.41, 5.74) is 8.16. The lowest BCUT2D eigenvalue weighted by Crippen LogP contribution is -2.21. The maximum absolute atomic E-state index is 10.7. The van der Waals surface area contributed by atoms with E-state index in [4.69, 9.17) is 10.8 Å². The third kappa shape index (κ3) is 2.13. The summed E-state index contributed by atoms with van der Waals surface area (Å²) in [6.07, 6.45) is 0. The Labute approximate surface area is 91.1 Å². The largest absolute Gasteiger partial charge is 0.480 e. The van der Waals surface area contributed by atoms with Gasteiger partial charge in [-0.3, -0.25) is 4.79 Å². The molecule has 1 unspecified atom stereocenters. The minimum absolute atomic E-state index is 0.648. The van der Waals surface area contributed by atoms with Crippen molar-refractivity contribution in [3.8, 4) is 0 Å². The summed E-state index contributed by atoms with van der Waals surface area (Å²) in [4.78, 5) is 10.7. The van der Waals surface area contributed by atoms with Crippen molar-refractivity contribution in [2.75, 3.05) is 0 Å². The van der Waals surface area contributed by atoms with E-state index in [1.165, 1.54) is 0 Å². The van der Waals surface area contributed by atoms with Gasteiger partial charge in [0.15, 0.2) is 0 Å². The van der Waals surface area contributed by atoms with E-state index in [9.17, 15) is 4.79 Å². The number of carboxylic acid groups (broad SMARTS) is 1. The molecule has 3 N–H and O–H groups in total. The van der Waals surface area contributed by atoms with Crippen LogP contribution in [0.1, 0.15) is 22.7 Å². The Balaban J connectivity index is 3.22. The molecule has 1 atom stereocenters. The first-order valence-corrected chi connectivity index (χ1v) is 4.98. The van der Waals surface area contributed by atoms with Crippen LogP contribution in [-0.2, 0) is 4.79 Å². The van der Waals surface area contributed by atoms with Gasteiger partial charge in [0.2, 0.25) is 0 Å². The van der Waals surface area contributed by atoms with Crippen LogP contribution in [0.15, 0.2) is 16.6 Å². The molecule has 0 spiro atoms. The standard InChI is InChI=1S/C10H12BrNO2/c1-5-3-6(2)8(11)4-7(5)9(12)10(13)14/h3-4,9H,12H2,1-2H3,(H,13,14). The lowest BCUT2D eigenvalue weighted by molar-refractivity contribution is -0.138. The zero-order chi connectivity index (χ0) is 10.9. The molecular weight excluding hydrogens is 246 g/mol. The van der Waals surface area contributed by atoms with E-state index in [1.807, 2.05) is 19.9 Å². The Bertz CT molecular complexity index is 377. The normalized spacial score (nSPS) is 12.6. The fourth-order valence-corrected chi connectivity index (χ4v) is 1.67. The predicted octanol–water partition coefficient (Wildman–Crippen LogP) is 2.15. The number of rotatable bonds is 2. The van der Waals surface area contributed by atoms with Crippen LogP contribution >= 0.6 is 15.9 Å². The number of carbonyl (C=O) groups is 1. The summed E-state index contributed by atoms with van der Waals surface area (Å²) in [6.45, 7) is 3.81. The number of hydrogen-bond donors (Lipinski definition) is 2. The Morgan fingerprint density at radius 1 is 1.43 bits per heavy atom. The summed E-state index contributed by atoms with van der Waals surface area (Å²) in [5.74, 6) is -1.01. The third-order valence-electron chi connectivity index (χ3n) is 2.15. The van der Waals surface area contributed by atoms with Crippen LogP contribution in [0, 0.1) is 13.8 Å². The van der Waals surface area contributed by atoms with Crippen molar-refractivity contribution in [3.05, 3.63) is 33.3 Å². The van der Waals surface area contributed by atoms with Crippen molar-refractivity contribution in [3.63, 3.8) is 0 Å². The maximum Gasteiger partial charge on any atom is 0.325 e. The van der Waals surface area contributed by atoms with Crippen molar-refractivity contribution < 1.29 is 9.90 Å². The Kier molecular flexibility index (Phi) is 3.29. The van der Waals surface area contributed by atoms with Gasteiger partial charge in [0.05, 0.1) is 0 Å². The molecule has 1 aromatic rings. The van der Waals surface area contributed by atoms with Crippen molar-refractivity contribution in [2.45, 2.75) is 19.9 Å². The van der Waals surface area contributed by atoms with Crippen LogP contribution in [0.4, 0.5) is 0 Å². The molecule has 0 aromatic heterocycles. The molecular formula is C10H12BrNO2. The smallest absolute Gasteiger partial charge is 0.325 e. The van der Waals surface area contributed by atoms with E-state index >= 15 is 0 Å². The van der Waals surface area contributed by atoms with Crippen molar-refractivity contribution in [2.24, 2.45) is 5.73 Å². The van der Waals surface area contributed by atoms with E-state index in [0.717, 1.165) is 15.6 Å². The van der Waals surface area contributed by atoms with Gasteiger partial charge in [0.1, 0.15) is 6.04 Å². The highest BCUT2D eigenvalue weighted by Crippen LogP contribution is 2.24. The summed E-state index contributed by atoms with van der Waals surface area (Å²) < 4.78 is 0.884. The number of nitrogens with two attached hydrogens (primary N) is 1. The Morgan fingerprint density at radius 2 is 2.00 bits per heavy atom. The lowest BCUT2D eigenvalue weighted by Gasteiger charge is -2.12. The SMILES string of the molecule is Cc1cc(C)c(C(N)C(=O)O)cc1Br. The van der Waals surface area contributed by atoms with Crippen LogP contribution in [-0.4, -0.2) is 11.1 Å². The van der Waals surface area contributed by atoms with Crippen molar-refractivity contribution in [1.29, 1.82) is 0 Å². The monoisotopic (exact) mass is 257 g/mol. The summed E-state index contributed by atoms with van der Waals surface area (Å²) >= 11 is 3.35. The summed E-state index contributed by atoms with van der Waals surface area (Å²) in [6, 6.07) is 2.73. The Morgan fingerprint density at radius 3 is 2.50 bits per heavy atom. The highest BCUT2D eigenvalue weighted by atomic mass is 79.9. The van der Waals surface area contributed by atoms with E-state index in [2.05, 4.69) is 15.9 Å². The van der Waals surface area contributed by atoms with Crippen LogP contribution in [0.2, 0.25) is 0 Å². The summed E-state index contributed by atoms with van der Waals surface area (Å²) in [5, 5.41) is 8.78. The summed E-state index contributed by atoms with van der Waals surface area (Å²) in [7, 11) is 0. The first-order valence-electron chi connectivity index (χ1n) is 4.18. The molecule has 14 heavy (non-hydrogen) atoms. The number of aryl methyl sites for hydroxylation is 2. The molecule has 76 valence electrons. The maximum atomic E-state index is 10.7. The first-order chi connectivity index (χ1) is 6.43. The zero-order valence-corrected chi connectivity index (χ0v) is 9.63. The molecule has 0 aliphatic carbocycles. The molecule has 0 saturated heterocycles. The second-order valence-electron chi connectivity index (χ2n) is 3.27. The highest BCUT2D eigenvalue weighted by Gasteiger charge is 2.17. The van der Waals surface area contributed by atoms with E-state index in [0.29, 0.717) is 5.56 Å². The predicted molar refractivity (Wildman–Crippen MR) is 58.2 cm³/mol. The molecule has 0 fully saturated rings. The van der Waals surface area contributed by atoms with E-state index in [-0.39, 0.29) is 0 Å². The molecule has 0 heterocycles. The quantitative estimate of drug-likeness (QED) is 0.854. The molecule has 3 nitrogen and oxygen atoms in total. The Hall–Kier alpha value is -0.870. The number of hydrogen-bond acceptors (Lipinski definition) is 2. The van der Waals surface area contributed by atoms with Gasteiger partial charge in [0, 0.05) is 4.47 Å². The van der Waals surface area contributed by atoms with Crippen LogP contribution in [0.3, 0.4) is 0 Å².